The molecule has 0 aliphatic carbocycles. The van der Waals surface area contributed by atoms with Crippen molar-refractivity contribution < 1.29 is 0 Å². The predicted octanol–water partition coefficient (Wildman–Crippen LogP) is 0.752. The van der Waals surface area contributed by atoms with Crippen LogP contribution in [0, 0.1) is 11.3 Å². The molecule has 104 valence electrons. The molecule has 6 heteroatoms. The first-order valence-corrected chi connectivity index (χ1v) is 6.92. The number of H-pyrrole nitrogens is 1. The van der Waals surface area contributed by atoms with Crippen molar-refractivity contribution in [3.05, 3.63) is 23.8 Å². The molecule has 3 N–H and O–H groups in total. The summed E-state index contributed by atoms with van der Waals surface area (Å²) >= 11 is 0. The minimum absolute atomic E-state index is 0.605. The Balaban J connectivity index is 1.61. The normalized spacial score (nSPS) is 16.1. The predicted molar refractivity (Wildman–Crippen MR) is 78.6 cm³/mol. The molecular weight excluding hydrogens is 252 g/mol. The molecule has 0 unspecified atom stereocenters. The number of fused-ring (bicyclic) bond motifs is 1. The highest BCUT2D eigenvalue weighted by molar-refractivity contribution is 5.83. The Hall–Kier alpha value is -2.10. The van der Waals surface area contributed by atoms with E-state index in [1.807, 2.05) is 12.1 Å². The molecule has 0 bridgehead atoms. The van der Waals surface area contributed by atoms with Gasteiger partial charge in [0.25, 0.3) is 0 Å². The minimum Gasteiger partial charge on any atom is -0.355 e. The van der Waals surface area contributed by atoms with E-state index in [9.17, 15) is 0 Å². The fraction of sp³-hybridized carbons (Fsp3) is 0.429. The van der Waals surface area contributed by atoms with Gasteiger partial charge in [-0.25, -0.2) is 4.98 Å². The molecule has 2 aromatic rings. The standard InChI is InChI=1S/C14H18N6/c15-10-11-2-1-3-12-13(11)19-14(18-12)17-6-9-20-7-4-16-5-8-20/h1-3,16H,4-9H2,(H2,17,18,19). The number of hydrogen-bond acceptors (Lipinski definition) is 5. The first-order valence-electron chi connectivity index (χ1n) is 6.92. The van der Waals surface area contributed by atoms with Crippen molar-refractivity contribution in [2.75, 3.05) is 44.6 Å². The lowest BCUT2D eigenvalue weighted by molar-refractivity contribution is 0.249. The number of anilines is 1. The molecule has 1 fully saturated rings. The van der Waals surface area contributed by atoms with Crippen molar-refractivity contribution in [1.29, 1.82) is 5.26 Å². The van der Waals surface area contributed by atoms with E-state index in [1.54, 1.807) is 6.07 Å². The van der Waals surface area contributed by atoms with Gasteiger partial charge < -0.3 is 15.6 Å². The van der Waals surface area contributed by atoms with E-state index in [1.165, 1.54) is 0 Å². The summed E-state index contributed by atoms with van der Waals surface area (Å²) in [5.41, 5.74) is 2.24. The Morgan fingerprint density at radius 2 is 2.20 bits per heavy atom. The monoisotopic (exact) mass is 270 g/mol. The van der Waals surface area contributed by atoms with Crippen LogP contribution < -0.4 is 10.6 Å². The van der Waals surface area contributed by atoms with Gasteiger partial charge in [-0.05, 0) is 12.1 Å². The second-order valence-corrected chi connectivity index (χ2v) is 4.92. The molecule has 6 nitrogen and oxygen atoms in total. The van der Waals surface area contributed by atoms with Crippen LogP contribution in [0.2, 0.25) is 0 Å². The number of aromatic nitrogens is 2. The number of imidazole rings is 1. The summed E-state index contributed by atoms with van der Waals surface area (Å²) in [6.07, 6.45) is 0. The second-order valence-electron chi connectivity index (χ2n) is 4.92. The lowest BCUT2D eigenvalue weighted by Gasteiger charge is -2.26. The molecule has 0 amide bonds. The average Bonchev–Trinajstić information content (AvgIpc) is 2.91. The zero-order valence-corrected chi connectivity index (χ0v) is 11.3. The maximum atomic E-state index is 9.05. The molecule has 0 atom stereocenters. The average molecular weight is 270 g/mol. The van der Waals surface area contributed by atoms with Gasteiger partial charge in [0.05, 0.1) is 11.1 Å². The van der Waals surface area contributed by atoms with Crippen LogP contribution in [0.5, 0.6) is 0 Å². The molecular formula is C14H18N6. The zero-order valence-electron chi connectivity index (χ0n) is 11.3. The van der Waals surface area contributed by atoms with E-state index in [-0.39, 0.29) is 0 Å². The van der Waals surface area contributed by atoms with E-state index in [4.69, 9.17) is 5.26 Å². The van der Waals surface area contributed by atoms with Gasteiger partial charge in [0.15, 0.2) is 0 Å². The Kier molecular flexibility index (Phi) is 3.81. The van der Waals surface area contributed by atoms with Crippen molar-refractivity contribution >= 4 is 17.0 Å². The second kappa shape index (κ2) is 5.90. The number of hydrogen-bond donors (Lipinski definition) is 3. The van der Waals surface area contributed by atoms with E-state index in [2.05, 4.69) is 31.6 Å². The summed E-state index contributed by atoms with van der Waals surface area (Å²) in [7, 11) is 0. The summed E-state index contributed by atoms with van der Waals surface area (Å²) in [4.78, 5) is 10.1. The van der Waals surface area contributed by atoms with Crippen molar-refractivity contribution in [1.82, 2.24) is 20.2 Å². The highest BCUT2D eigenvalue weighted by Crippen LogP contribution is 2.17. The van der Waals surface area contributed by atoms with Gasteiger partial charge in [0, 0.05) is 39.3 Å². The Bertz CT molecular complexity index is 620. The van der Waals surface area contributed by atoms with Gasteiger partial charge in [-0.2, -0.15) is 5.26 Å². The highest BCUT2D eigenvalue weighted by Gasteiger charge is 2.10. The zero-order chi connectivity index (χ0) is 13.8. The summed E-state index contributed by atoms with van der Waals surface area (Å²) in [6.45, 7) is 6.18. The van der Waals surface area contributed by atoms with Crippen LogP contribution in [0.25, 0.3) is 11.0 Å². The fourth-order valence-electron chi connectivity index (χ4n) is 2.47. The Morgan fingerprint density at radius 1 is 1.35 bits per heavy atom. The fourth-order valence-corrected chi connectivity index (χ4v) is 2.47. The van der Waals surface area contributed by atoms with Gasteiger partial charge >= 0.3 is 0 Å². The number of nitriles is 1. The number of rotatable bonds is 4. The topological polar surface area (TPSA) is 79.8 Å². The van der Waals surface area contributed by atoms with Crippen molar-refractivity contribution in [3.8, 4) is 6.07 Å². The molecule has 20 heavy (non-hydrogen) atoms. The number of piperazine rings is 1. The van der Waals surface area contributed by atoms with E-state index in [0.717, 1.165) is 56.3 Å². The number of benzene rings is 1. The van der Waals surface area contributed by atoms with E-state index < -0.39 is 0 Å². The summed E-state index contributed by atoms with van der Waals surface area (Å²) in [5, 5.41) is 15.7. The first-order chi connectivity index (χ1) is 9.86. The molecule has 1 aliphatic rings. The number of para-hydroxylation sites is 1. The molecule has 0 radical (unpaired) electrons. The number of nitrogens with one attached hydrogen (secondary N) is 3. The maximum absolute atomic E-state index is 9.05. The van der Waals surface area contributed by atoms with Gasteiger partial charge in [-0.15, -0.1) is 0 Å². The van der Waals surface area contributed by atoms with Crippen molar-refractivity contribution in [3.63, 3.8) is 0 Å². The molecule has 1 saturated heterocycles. The quantitative estimate of drug-likeness (QED) is 0.764. The van der Waals surface area contributed by atoms with Crippen LogP contribution in [0.4, 0.5) is 5.95 Å². The largest absolute Gasteiger partial charge is 0.355 e. The molecule has 3 rings (SSSR count). The molecule has 1 aromatic heterocycles. The van der Waals surface area contributed by atoms with Crippen LogP contribution in [-0.4, -0.2) is 54.1 Å². The van der Waals surface area contributed by atoms with E-state index in [0.29, 0.717) is 5.56 Å². The molecule has 0 spiro atoms. The summed E-state index contributed by atoms with van der Waals surface area (Å²) in [6, 6.07) is 7.75. The molecule has 1 aromatic carbocycles. The molecule has 0 saturated carbocycles. The van der Waals surface area contributed by atoms with Gasteiger partial charge in [0.1, 0.15) is 11.6 Å². The first kappa shape index (κ1) is 12.9. The maximum Gasteiger partial charge on any atom is 0.201 e. The van der Waals surface area contributed by atoms with Crippen LogP contribution in [0.3, 0.4) is 0 Å². The third-order valence-electron chi connectivity index (χ3n) is 3.56. The SMILES string of the molecule is N#Cc1cccc2[nH]c(NCCN3CCNCC3)nc12. The number of nitrogens with zero attached hydrogens (tertiary/aromatic N) is 3. The molecule has 1 aliphatic heterocycles. The third kappa shape index (κ3) is 2.74. The summed E-state index contributed by atoms with van der Waals surface area (Å²) < 4.78 is 0. The highest BCUT2D eigenvalue weighted by atomic mass is 15.2. The van der Waals surface area contributed by atoms with Crippen molar-refractivity contribution in [2.24, 2.45) is 0 Å². The van der Waals surface area contributed by atoms with Crippen LogP contribution >= 0.6 is 0 Å². The summed E-state index contributed by atoms with van der Waals surface area (Å²) in [5.74, 6) is 0.734. The van der Waals surface area contributed by atoms with Gasteiger partial charge in [-0.1, -0.05) is 6.07 Å². The lowest BCUT2D eigenvalue weighted by atomic mass is 10.2. The van der Waals surface area contributed by atoms with Crippen LogP contribution in [0.1, 0.15) is 5.56 Å². The van der Waals surface area contributed by atoms with Gasteiger partial charge in [0.2, 0.25) is 5.95 Å². The lowest BCUT2D eigenvalue weighted by Crippen LogP contribution is -2.45. The van der Waals surface area contributed by atoms with E-state index >= 15 is 0 Å². The van der Waals surface area contributed by atoms with Crippen molar-refractivity contribution in [2.45, 2.75) is 0 Å². The smallest absolute Gasteiger partial charge is 0.201 e. The Labute approximate surface area is 117 Å². The van der Waals surface area contributed by atoms with Crippen LogP contribution in [-0.2, 0) is 0 Å². The molecule has 2 heterocycles. The third-order valence-corrected chi connectivity index (χ3v) is 3.56. The minimum atomic E-state index is 0.605. The Morgan fingerprint density at radius 3 is 3.00 bits per heavy atom. The number of aromatic amines is 1. The van der Waals surface area contributed by atoms with Crippen LogP contribution in [0.15, 0.2) is 18.2 Å². The van der Waals surface area contributed by atoms with Gasteiger partial charge in [-0.3, -0.25) is 4.90 Å².